The van der Waals surface area contributed by atoms with Gasteiger partial charge in [-0.2, -0.15) is 0 Å². The van der Waals surface area contributed by atoms with Gasteiger partial charge in [0.1, 0.15) is 0 Å². The van der Waals surface area contributed by atoms with Crippen molar-refractivity contribution >= 4 is 5.91 Å². The summed E-state index contributed by atoms with van der Waals surface area (Å²) in [6, 6.07) is 8.13. The molecule has 0 aliphatic carbocycles. The molecule has 1 aliphatic heterocycles. The topological polar surface area (TPSA) is 47.0 Å². The Morgan fingerprint density at radius 1 is 1.17 bits per heavy atom. The van der Waals surface area contributed by atoms with Gasteiger partial charge in [-0.05, 0) is 38.2 Å². The minimum Gasteiger partial charge on any atom is -0.395 e. The van der Waals surface area contributed by atoms with Crippen LogP contribution in [-0.2, 0) is 6.54 Å². The Labute approximate surface area is 139 Å². The van der Waals surface area contributed by atoms with E-state index in [1.165, 1.54) is 5.56 Å². The smallest absolute Gasteiger partial charge is 0.253 e. The van der Waals surface area contributed by atoms with Crippen LogP contribution in [0.3, 0.4) is 0 Å². The van der Waals surface area contributed by atoms with Crippen LogP contribution in [-0.4, -0.2) is 78.6 Å². The fourth-order valence-corrected chi connectivity index (χ4v) is 3.09. The van der Waals surface area contributed by atoms with Crippen LogP contribution in [0.2, 0.25) is 0 Å². The molecule has 1 amide bonds. The number of aliphatic hydroxyl groups is 1. The number of aliphatic hydroxyl groups excluding tert-OH is 1. The zero-order valence-corrected chi connectivity index (χ0v) is 14.5. The highest BCUT2D eigenvalue weighted by Crippen LogP contribution is 2.13. The largest absolute Gasteiger partial charge is 0.395 e. The third kappa shape index (κ3) is 4.77. The van der Waals surface area contributed by atoms with Crippen LogP contribution < -0.4 is 0 Å². The molecule has 1 aromatic rings. The average molecular weight is 319 g/mol. The van der Waals surface area contributed by atoms with Crippen molar-refractivity contribution in [3.63, 3.8) is 0 Å². The molecule has 2 rings (SSSR count). The highest BCUT2D eigenvalue weighted by atomic mass is 16.3. The lowest BCUT2D eigenvalue weighted by Crippen LogP contribution is -2.52. The van der Waals surface area contributed by atoms with E-state index >= 15 is 0 Å². The average Bonchev–Trinajstić information content (AvgIpc) is 2.56. The van der Waals surface area contributed by atoms with E-state index in [0.717, 1.165) is 44.7 Å². The van der Waals surface area contributed by atoms with Gasteiger partial charge in [0.15, 0.2) is 0 Å². The van der Waals surface area contributed by atoms with Crippen LogP contribution in [0.1, 0.15) is 29.3 Å². The third-order valence-electron chi connectivity index (χ3n) is 4.50. The Morgan fingerprint density at radius 3 is 2.26 bits per heavy atom. The van der Waals surface area contributed by atoms with Crippen LogP contribution in [0.25, 0.3) is 0 Å². The van der Waals surface area contributed by atoms with E-state index in [2.05, 4.69) is 16.7 Å². The fourth-order valence-electron chi connectivity index (χ4n) is 3.09. The lowest BCUT2D eigenvalue weighted by Gasteiger charge is -2.38. The molecule has 1 aromatic carbocycles. The van der Waals surface area contributed by atoms with E-state index in [0.29, 0.717) is 0 Å². The van der Waals surface area contributed by atoms with Crippen molar-refractivity contribution in [1.82, 2.24) is 14.7 Å². The van der Waals surface area contributed by atoms with Gasteiger partial charge in [-0.3, -0.25) is 9.69 Å². The number of rotatable bonds is 6. The Morgan fingerprint density at radius 2 is 1.78 bits per heavy atom. The molecular formula is C18H29N3O2. The van der Waals surface area contributed by atoms with Gasteiger partial charge in [0.25, 0.3) is 5.91 Å². The second-order valence-electron chi connectivity index (χ2n) is 6.51. The maximum atomic E-state index is 12.6. The molecule has 0 saturated carbocycles. The Kier molecular flexibility index (Phi) is 6.57. The normalized spacial score (nSPS) is 17.5. The van der Waals surface area contributed by atoms with Crippen LogP contribution >= 0.6 is 0 Å². The van der Waals surface area contributed by atoms with Gasteiger partial charge in [0.05, 0.1) is 6.61 Å². The first-order valence-electron chi connectivity index (χ1n) is 8.43. The number of amides is 1. The monoisotopic (exact) mass is 319 g/mol. The molecule has 5 heteroatoms. The predicted octanol–water partition coefficient (Wildman–Crippen LogP) is 1.28. The van der Waals surface area contributed by atoms with Crippen LogP contribution in [0.15, 0.2) is 24.3 Å². The number of hydrogen-bond acceptors (Lipinski definition) is 4. The molecule has 0 bridgehead atoms. The van der Waals surface area contributed by atoms with Crippen molar-refractivity contribution in [3.05, 3.63) is 35.4 Å². The lowest BCUT2D eigenvalue weighted by molar-refractivity contribution is 0.0472. The highest BCUT2D eigenvalue weighted by molar-refractivity contribution is 5.94. The van der Waals surface area contributed by atoms with E-state index < -0.39 is 0 Å². The van der Waals surface area contributed by atoms with E-state index in [1.54, 1.807) is 0 Å². The quantitative estimate of drug-likeness (QED) is 0.858. The van der Waals surface area contributed by atoms with Gasteiger partial charge in [-0.1, -0.05) is 19.1 Å². The first kappa shape index (κ1) is 17.9. The molecule has 1 aliphatic rings. The predicted molar refractivity (Wildman–Crippen MR) is 92.5 cm³/mol. The van der Waals surface area contributed by atoms with Gasteiger partial charge in [-0.25, -0.2) is 0 Å². The Bertz CT molecular complexity index is 489. The van der Waals surface area contributed by atoms with Gasteiger partial charge < -0.3 is 14.9 Å². The SMILES string of the molecule is CCC(CO)N1CCN(C(=O)c2ccc(CN(C)C)cc2)CC1. The summed E-state index contributed by atoms with van der Waals surface area (Å²) in [6.07, 6.45) is 0.942. The van der Waals surface area contributed by atoms with Gasteiger partial charge >= 0.3 is 0 Å². The highest BCUT2D eigenvalue weighted by Gasteiger charge is 2.25. The molecule has 1 saturated heterocycles. The van der Waals surface area contributed by atoms with E-state index in [1.807, 2.05) is 43.3 Å². The lowest BCUT2D eigenvalue weighted by atomic mass is 10.1. The van der Waals surface area contributed by atoms with Crippen molar-refractivity contribution in [2.24, 2.45) is 0 Å². The number of benzene rings is 1. The second kappa shape index (κ2) is 8.43. The molecule has 5 nitrogen and oxygen atoms in total. The summed E-state index contributed by atoms with van der Waals surface area (Å²) >= 11 is 0. The van der Waals surface area contributed by atoms with Crippen molar-refractivity contribution < 1.29 is 9.90 Å². The summed E-state index contributed by atoms with van der Waals surface area (Å²) in [5.74, 6) is 0.109. The molecule has 0 spiro atoms. The van der Waals surface area contributed by atoms with Crippen molar-refractivity contribution in [2.45, 2.75) is 25.9 Å². The van der Waals surface area contributed by atoms with Crippen molar-refractivity contribution in [2.75, 3.05) is 46.9 Å². The third-order valence-corrected chi connectivity index (χ3v) is 4.50. The molecule has 1 N–H and O–H groups in total. The molecule has 0 aromatic heterocycles. The fraction of sp³-hybridized carbons (Fsp3) is 0.611. The minimum atomic E-state index is 0.109. The first-order chi connectivity index (χ1) is 11.0. The summed E-state index contributed by atoms with van der Waals surface area (Å²) in [4.78, 5) is 18.9. The van der Waals surface area contributed by atoms with Gasteiger partial charge in [0.2, 0.25) is 0 Å². The molecule has 1 fully saturated rings. The summed E-state index contributed by atoms with van der Waals surface area (Å²) in [7, 11) is 4.07. The number of hydrogen-bond donors (Lipinski definition) is 1. The number of carbonyl (C=O) groups is 1. The Balaban J connectivity index is 1.92. The maximum absolute atomic E-state index is 12.6. The molecular weight excluding hydrogens is 290 g/mol. The number of carbonyl (C=O) groups excluding carboxylic acids is 1. The van der Waals surface area contributed by atoms with Crippen LogP contribution in [0.4, 0.5) is 0 Å². The summed E-state index contributed by atoms with van der Waals surface area (Å²) < 4.78 is 0. The van der Waals surface area contributed by atoms with Gasteiger partial charge in [-0.15, -0.1) is 0 Å². The van der Waals surface area contributed by atoms with E-state index in [4.69, 9.17) is 0 Å². The second-order valence-corrected chi connectivity index (χ2v) is 6.51. The molecule has 1 heterocycles. The van der Waals surface area contributed by atoms with E-state index in [-0.39, 0.29) is 18.6 Å². The first-order valence-corrected chi connectivity index (χ1v) is 8.43. The zero-order chi connectivity index (χ0) is 16.8. The van der Waals surface area contributed by atoms with Crippen LogP contribution in [0.5, 0.6) is 0 Å². The summed E-state index contributed by atoms with van der Waals surface area (Å²) in [5, 5.41) is 9.39. The minimum absolute atomic E-state index is 0.109. The molecule has 1 atom stereocenters. The zero-order valence-electron chi connectivity index (χ0n) is 14.5. The molecule has 0 radical (unpaired) electrons. The maximum Gasteiger partial charge on any atom is 0.253 e. The number of nitrogens with zero attached hydrogens (tertiary/aromatic N) is 3. The summed E-state index contributed by atoms with van der Waals surface area (Å²) in [5.41, 5.74) is 1.97. The van der Waals surface area contributed by atoms with Crippen molar-refractivity contribution in [3.8, 4) is 0 Å². The molecule has 128 valence electrons. The number of piperazine rings is 1. The van der Waals surface area contributed by atoms with Gasteiger partial charge in [0, 0.05) is 44.3 Å². The van der Waals surface area contributed by atoms with Crippen molar-refractivity contribution in [1.29, 1.82) is 0 Å². The Hall–Kier alpha value is -1.43. The molecule has 1 unspecified atom stereocenters. The van der Waals surface area contributed by atoms with E-state index in [9.17, 15) is 9.90 Å². The standard InChI is InChI=1S/C18H29N3O2/c1-4-17(14-22)20-9-11-21(12-10-20)18(23)16-7-5-15(6-8-16)13-19(2)3/h5-8,17,22H,4,9-14H2,1-3H3. The molecule has 23 heavy (non-hydrogen) atoms. The summed E-state index contributed by atoms with van der Waals surface area (Å²) in [6.45, 7) is 6.30. The van der Waals surface area contributed by atoms with Crippen LogP contribution in [0, 0.1) is 0 Å².